The maximum Gasteiger partial charge on any atom is 0.399 e. The summed E-state index contributed by atoms with van der Waals surface area (Å²) in [6.45, 7) is -0.738. The fourth-order valence-electron chi connectivity index (χ4n) is 3.77. The summed E-state index contributed by atoms with van der Waals surface area (Å²) >= 11 is 5.15. The minimum atomic E-state index is -3.00. The number of hydrogen-bond acceptors (Lipinski definition) is 9. The second-order valence-electron chi connectivity index (χ2n) is 6.73. The van der Waals surface area contributed by atoms with E-state index >= 15 is 0 Å². The standard InChI is InChI=1S/C17H17N5O6S/c23-7-11-13(24)17(25,22(26)27)16(28-11,6-10-4-2-1-3-5-10)21-9-20-12-14(21)18-8-19-15(12)29/h1-5,8-9,11,13,23-25H,6-7H2,(H,18,19,29)/t11-,13-,16-,17-/m1/s1. The third-order valence-corrected chi connectivity index (χ3v) is 5.47. The van der Waals surface area contributed by atoms with Gasteiger partial charge in [0.05, 0.1) is 24.2 Å². The largest absolute Gasteiger partial charge is 0.399 e. The van der Waals surface area contributed by atoms with Crippen molar-refractivity contribution in [3.05, 3.63) is 63.3 Å². The molecule has 0 radical (unpaired) electrons. The number of aromatic nitrogens is 4. The monoisotopic (exact) mass is 419 g/mol. The van der Waals surface area contributed by atoms with E-state index in [4.69, 9.17) is 17.0 Å². The zero-order chi connectivity index (χ0) is 20.8. The molecule has 4 rings (SSSR count). The third-order valence-electron chi connectivity index (χ3n) is 5.17. The van der Waals surface area contributed by atoms with E-state index in [1.807, 2.05) is 0 Å². The summed E-state index contributed by atoms with van der Waals surface area (Å²) < 4.78 is 7.22. The molecule has 29 heavy (non-hydrogen) atoms. The normalized spacial score (nSPS) is 29.3. The van der Waals surface area contributed by atoms with E-state index in [0.29, 0.717) is 5.56 Å². The summed E-state index contributed by atoms with van der Waals surface area (Å²) in [7, 11) is 0. The predicted octanol–water partition coefficient (Wildman–Crippen LogP) is 0.102. The van der Waals surface area contributed by atoms with Crippen LogP contribution >= 0.6 is 12.2 Å². The predicted molar refractivity (Wildman–Crippen MR) is 101 cm³/mol. The molecular weight excluding hydrogens is 402 g/mol. The highest BCUT2D eigenvalue weighted by Gasteiger charge is 2.76. The maximum absolute atomic E-state index is 12.1. The molecule has 11 nitrogen and oxygen atoms in total. The molecule has 3 aromatic rings. The highest BCUT2D eigenvalue weighted by Crippen LogP contribution is 2.47. The number of H-pyrrole nitrogens is 1. The Balaban J connectivity index is 2.03. The minimum Gasteiger partial charge on any atom is -0.394 e. The van der Waals surface area contributed by atoms with Crippen molar-refractivity contribution < 1.29 is 25.0 Å². The van der Waals surface area contributed by atoms with Crippen molar-refractivity contribution in [1.29, 1.82) is 0 Å². The van der Waals surface area contributed by atoms with Crippen LogP contribution in [0.1, 0.15) is 5.56 Å². The first kappa shape index (κ1) is 19.5. The van der Waals surface area contributed by atoms with Crippen LogP contribution in [0, 0.1) is 14.8 Å². The van der Waals surface area contributed by atoms with E-state index in [1.165, 1.54) is 17.2 Å². The van der Waals surface area contributed by atoms with Gasteiger partial charge in [-0.3, -0.25) is 14.7 Å². The first-order valence-corrected chi connectivity index (χ1v) is 9.04. The number of aliphatic hydroxyl groups is 3. The first-order chi connectivity index (χ1) is 13.8. The molecular formula is C17H17N5O6S. The summed E-state index contributed by atoms with van der Waals surface area (Å²) in [6.07, 6.45) is -1.10. The van der Waals surface area contributed by atoms with Gasteiger partial charge in [0.25, 0.3) is 5.72 Å². The van der Waals surface area contributed by atoms with Crippen molar-refractivity contribution in [3.63, 3.8) is 0 Å². The molecule has 1 saturated heterocycles. The number of fused-ring (bicyclic) bond motifs is 1. The molecule has 2 aromatic heterocycles. The van der Waals surface area contributed by atoms with Crippen LogP contribution in [0.5, 0.6) is 0 Å². The lowest BCUT2D eigenvalue weighted by molar-refractivity contribution is -0.659. The number of benzene rings is 1. The zero-order valence-electron chi connectivity index (χ0n) is 14.9. The molecule has 1 fully saturated rings. The summed E-state index contributed by atoms with van der Waals surface area (Å²) in [4.78, 5) is 22.0. The van der Waals surface area contributed by atoms with Crippen molar-refractivity contribution >= 4 is 23.4 Å². The molecule has 1 aromatic carbocycles. The fraction of sp³-hybridized carbons (Fsp3) is 0.353. The fourth-order valence-corrected chi connectivity index (χ4v) is 3.98. The van der Waals surface area contributed by atoms with Gasteiger partial charge in [-0.15, -0.1) is 0 Å². The van der Waals surface area contributed by atoms with Gasteiger partial charge < -0.3 is 25.0 Å². The second-order valence-corrected chi connectivity index (χ2v) is 7.12. The molecule has 3 heterocycles. The van der Waals surface area contributed by atoms with E-state index in [9.17, 15) is 25.4 Å². The van der Waals surface area contributed by atoms with Crippen LogP contribution in [0.2, 0.25) is 0 Å². The zero-order valence-corrected chi connectivity index (χ0v) is 15.7. The third kappa shape index (κ3) is 2.68. The van der Waals surface area contributed by atoms with E-state index in [-0.39, 0.29) is 22.2 Å². The van der Waals surface area contributed by atoms with Gasteiger partial charge in [0.15, 0.2) is 10.7 Å². The van der Waals surface area contributed by atoms with Crippen molar-refractivity contribution in [3.8, 4) is 0 Å². The summed E-state index contributed by atoms with van der Waals surface area (Å²) in [5, 5.41) is 43.5. The van der Waals surface area contributed by atoms with E-state index in [1.54, 1.807) is 30.3 Å². The summed E-state index contributed by atoms with van der Waals surface area (Å²) in [6, 6.07) is 8.63. The number of nitrogens with one attached hydrogen (secondary N) is 1. The van der Waals surface area contributed by atoms with Crippen molar-refractivity contribution in [1.82, 2.24) is 19.5 Å². The molecule has 0 bridgehead atoms. The lowest BCUT2D eigenvalue weighted by Gasteiger charge is -2.36. The van der Waals surface area contributed by atoms with Crippen LogP contribution in [0.3, 0.4) is 0 Å². The molecule has 0 aliphatic carbocycles. The lowest BCUT2D eigenvalue weighted by atomic mass is 9.89. The summed E-state index contributed by atoms with van der Waals surface area (Å²) in [5.74, 6) is 0. The molecule has 1 aliphatic rings. The highest BCUT2D eigenvalue weighted by atomic mass is 32.1. The molecule has 0 spiro atoms. The minimum absolute atomic E-state index is 0.147. The average molecular weight is 419 g/mol. The van der Waals surface area contributed by atoms with Crippen LogP contribution in [0.25, 0.3) is 11.2 Å². The number of aromatic amines is 1. The summed E-state index contributed by atoms with van der Waals surface area (Å²) in [5.41, 5.74) is -4.09. The Bertz CT molecular complexity index is 1120. The van der Waals surface area contributed by atoms with Crippen molar-refractivity contribution in [2.45, 2.75) is 30.1 Å². The van der Waals surface area contributed by atoms with Crippen LogP contribution in [-0.4, -0.2) is 64.3 Å². The van der Waals surface area contributed by atoms with Crippen LogP contribution in [-0.2, 0) is 16.9 Å². The van der Waals surface area contributed by atoms with Gasteiger partial charge in [0, 0.05) is 6.42 Å². The van der Waals surface area contributed by atoms with Gasteiger partial charge in [-0.1, -0.05) is 42.5 Å². The topological polar surface area (TPSA) is 160 Å². The number of hydrogen-bond donors (Lipinski definition) is 4. The van der Waals surface area contributed by atoms with E-state index in [0.717, 1.165) is 0 Å². The molecule has 1 aliphatic heterocycles. The number of imidazole rings is 1. The van der Waals surface area contributed by atoms with Gasteiger partial charge in [-0.2, -0.15) is 0 Å². The first-order valence-electron chi connectivity index (χ1n) is 8.64. The van der Waals surface area contributed by atoms with Gasteiger partial charge in [-0.05, 0) is 5.56 Å². The number of nitro groups is 1. The lowest BCUT2D eigenvalue weighted by Crippen LogP contribution is -2.63. The van der Waals surface area contributed by atoms with Crippen molar-refractivity contribution in [2.24, 2.45) is 0 Å². The average Bonchev–Trinajstić information content (AvgIpc) is 3.24. The van der Waals surface area contributed by atoms with E-state index in [2.05, 4.69) is 15.0 Å². The Morgan fingerprint density at radius 1 is 1.34 bits per heavy atom. The van der Waals surface area contributed by atoms with Gasteiger partial charge >= 0.3 is 5.72 Å². The van der Waals surface area contributed by atoms with Gasteiger partial charge in [0.1, 0.15) is 17.3 Å². The number of aliphatic hydroxyl groups excluding tert-OH is 2. The smallest absolute Gasteiger partial charge is 0.394 e. The number of ether oxygens (including phenoxy) is 1. The Morgan fingerprint density at radius 2 is 2.07 bits per heavy atom. The molecule has 4 atom stereocenters. The number of rotatable bonds is 5. The molecule has 0 unspecified atom stereocenters. The molecule has 0 amide bonds. The molecule has 12 heteroatoms. The Morgan fingerprint density at radius 3 is 2.72 bits per heavy atom. The van der Waals surface area contributed by atoms with Crippen LogP contribution < -0.4 is 0 Å². The van der Waals surface area contributed by atoms with Crippen LogP contribution in [0.15, 0.2) is 43.0 Å². The van der Waals surface area contributed by atoms with Gasteiger partial charge in [-0.25, -0.2) is 9.97 Å². The maximum atomic E-state index is 12.1. The molecule has 0 saturated carbocycles. The Hall–Kier alpha value is -2.77. The molecule has 152 valence electrons. The second kappa shape index (κ2) is 6.93. The molecule has 4 N–H and O–H groups in total. The van der Waals surface area contributed by atoms with Crippen molar-refractivity contribution in [2.75, 3.05) is 6.61 Å². The highest BCUT2D eigenvalue weighted by molar-refractivity contribution is 7.71. The Labute approximate surface area is 168 Å². The quantitative estimate of drug-likeness (QED) is 0.195. The SMILES string of the molecule is O=[N+]([O-])[C@@]1(O)[C@H](O)[C@@H](CO)O[C@@]1(Cc1ccccc1)n1cnc2c(=S)nc[nH]c21. The van der Waals surface area contributed by atoms with Gasteiger partial charge in [0.2, 0.25) is 0 Å². The van der Waals surface area contributed by atoms with Crippen LogP contribution in [0.4, 0.5) is 0 Å². The van der Waals surface area contributed by atoms with E-state index < -0.39 is 35.2 Å². The number of nitrogens with zero attached hydrogens (tertiary/aromatic N) is 4. The Kier molecular flexibility index (Phi) is 4.67.